The molecule has 0 fully saturated rings. The summed E-state index contributed by atoms with van der Waals surface area (Å²) in [7, 11) is 1.95. The van der Waals surface area contributed by atoms with Crippen LogP contribution in [-0.4, -0.2) is 16.3 Å². The van der Waals surface area contributed by atoms with Gasteiger partial charge in [0.25, 0.3) is 0 Å². The van der Waals surface area contributed by atoms with Crippen LogP contribution >= 0.6 is 15.9 Å². The van der Waals surface area contributed by atoms with Gasteiger partial charge >= 0.3 is 0 Å². The molecule has 1 N–H and O–H groups in total. The fourth-order valence-electron chi connectivity index (χ4n) is 1.88. The maximum absolute atomic E-state index is 4.16. The molecule has 0 spiro atoms. The average Bonchev–Trinajstić information content (AvgIpc) is 2.75. The van der Waals surface area contributed by atoms with Crippen LogP contribution in [-0.2, 0) is 20.0 Å². The van der Waals surface area contributed by atoms with Crippen LogP contribution < -0.4 is 5.32 Å². The highest BCUT2D eigenvalue weighted by Crippen LogP contribution is 2.16. The van der Waals surface area contributed by atoms with Gasteiger partial charge < -0.3 is 5.32 Å². The molecule has 18 heavy (non-hydrogen) atoms. The number of hydrogen-bond acceptors (Lipinski definition) is 2. The lowest BCUT2D eigenvalue weighted by atomic mass is 10.1. The molecule has 0 saturated heterocycles. The van der Waals surface area contributed by atoms with E-state index in [0.717, 1.165) is 19.5 Å². The number of nitrogens with zero attached hydrogens (tertiary/aromatic N) is 2. The molecule has 3 nitrogen and oxygen atoms in total. The molecule has 0 amide bonds. The van der Waals surface area contributed by atoms with Crippen molar-refractivity contribution in [2.24, 2.45) is 7.05 Å². The maximum Gasteiger partial charge on any atom is 0.0522 e. The molecule has 0 atom stereocenters. The van der Waals surface area contributed by atoms with Gasteiger partial charge in [-0.3, -0.25) is 4.68 Å². The maximum atomic E-state index is 4.16. The first-order valence-electron chi connectivity index (χ1n) is 6.08. The van der Waals surface area contributed by atoms with Crippen LogP contribution in [0.3, 0.4) is 0 Å². The number of halogens is 1. The summed E-state index contributed by atoms with van der Waals surface area (Å²) in [6.07, 6.45) is 5.00. The summed E-state index contributed by atoms with van der Waals surface area (Å²) in [5, 5.41) is 7.61. The number of rotatable bonds is 5. The Hall–Kier alpha value is -1.13. The number of hydrogen-bond donors (Lipinski definition) is 1. The fraction of sp³-hybridized carbons (Fsp3) is 0.357. The van der Waals surface area contributed by atoms with Gasteiger partial charge in [-0.15, -0.1) is 0 Å². The van der Waals surface area contributed by atoms with Crippen LogP contribution in [0.25, 0.3) is 0 Å². The zero-order chi connectivity index (χ0) is 13.0. The Morgan fingerprint density at radius 2 is 2.17 bits per heavy atom. The minimum Gasteiger partial charge on any atom is -0.312 e. The fourth-order valence-corrected chi connectivity index (χ4v) is 2.13. The second kappa shape index (κ2) is 6.16. The third kappa shape index (κ3) is 3.68. The Morgan fingerprint density at radius 3 is 2.83 bits per heavy atom. The number of aromatic nitrogens is 2. The van der Waals surface area contributed by atoms with Gasteiger partial charge in [0.05, 0.1) is 6.20 Å². The molecule has 0 radical (unpaired) electrons. The largest absolute Gasteiger partial charge is 0.312 e. The molecule has 1 aromatic heterocycles. The molecule has 0 bridgehead atoms. The van der Waals surface area contributed by atoms with Gasteiger partial charge in [-0.05, 0) is 42.6 Å². The highest BCUT2D eigenvalue weighted by molar-refractivity contribution is 9.10. The number of nitrogens with one attached hydrogen (secondary N) is 1. The van der Waals surface area contributed by atoms with Crippen LogP contribution in [0.15, 0.2) is 35.1 Å². The zero-order valence-corrected chi connectivity index (χ0v) is 12.4. The molecular formula is C14H18BrN3. The predicted molar refractivity (Wildman–Crippen MR) is 77.5 cm³/mol. The molecule has 0 saturated carbocycles. The van der Waals surface area contributed by atoms with E-state index in [4.69, 9.17) is 0 Å². The smallest absolute Gasteiger partial charge is 0.0522 e. The average molecular weight is 308 g/mol. The first-order valence-corrected chi connectivity index (χ1v) is 6.88. The molecule has 0 aliphatic heterocycles. The molecule has 96 valence electrons. The minimum atomic E-state index is 0.911. The molecule has 4 heteroatoms. The van der Waals surface area contributed by atoms with Crippen molar-refractivity contribution in [3.63, 3.8) is 0 Å². The number of aryl methyl sites for hydroxylation is 2. The van der Waals surface area contributed by atoms with Crippen LogP contribution in [0.2, 0.25) is 0 Å². The summed E-state index contributed by atoms with van der Waals surface area (Å²) in [6.45, 7) is 4.00. The lowest BCUT2D eigenvalue weighted by molar-refractivity contribution is 0.686. The van der Waals surface area contributed by atoms with Crippen LogP contribution in [0.1, 0.15) is 16.7 Å². The summed E-state index contributed by atoms with van der Waals surface area (Å²) in [6, 6.07) is 6.46. The van der Waals surface area contributed by atoms with Crippen molar-refractivity contribution in [3.8, 4) is 0 Å². The van der Waals surface area contributed by atoms with E-state index in [1.807, 2.05) is 17.9 Å². The normalized spacial score (nSPS) is 10.8. The first-order chi connectivity index (χ1) is 8.65. The Kier molecular flexibility index (Phi) is 4.55. The van der Waals surface area contributed by atoms with Crippen molar-refractivity contribution in [1.29, 1.82) is 0 Å². The van der Waals surface area contributed by atoms with E-state index < -0.39 is 0 Å². The Balaban J connectivity index is 1.76. The van der Waals surface area contributed by atoms with E-state index in [1.54, 1.807) is 0 Å². The van der Waals surface area contributed by atoms with Gasteiger partial charge in [-0.1, -0.05) is 28.1 Å². The van der Waals surface area contributed by atoms with E-state index >= 15 is 0 Å². The van der Waals surface area contributed by atoms with E-state index in [-0.39, 0.29) is 0 Å². The predicted octanol–water partition coefficient (Wildman–Crippen LogP) is 2.82. The lowest BCUT2D eigenvalue weighted by Gasteiger charge is -2.06. The first kappa shape index (κ1) is 13.3. The Morgan fingerprint density at radius 1 is 1.33 bits per heavy atom. The Bertz CT molecular complexity index is 520. The van der Waals surface area contributed by atoms with E-state index in [1.165, 1.54) is 21.2 Å². The standard InChI is InChI=1S/C14H18BrN3/c1-11-7-12(3-4-14(11)15)8-16-6-5-13-9-17-18(2)10-13/h3-4,7,9-10,16H,5-6,8H2,1-2H3. The van der Waals surface area contributed by atoms with Gasteiger partial charge in [0.15, 0.2) is 0 Å². The summed E-state index contributed by atoms with van der Waals surface area (Å²) in [4.78, 5) is 0. The van der Waals surface area contributed by atoms with Crippen molar-refractivity contribution in [2.45, 2.75) is 19.9 Å². The molecular weight excluding hydrogens is 290 g/mol. The van der Waals surface area contributed by atoms with E-state index in [0.29, 0.717) is 0 Å². The van der Waals surface area contributed by atoms with E-state index in [2.05, 4.69) is 57.7 Å². The van der Waals surface area contributed by atoms with Gasteiger partial charge in [0.2, 0.25) is 0 Å². The van der Waals surface area contributed by atoms with Crippen molar-refractivity contribution in [2.75, 3.05) is 6.54 Å². The van der Waals surface area contributed by atoms with Crippen molar-refractivity contribution in [1.82, 2.24) is 15.1 Å². The van der Waals surface area contributed by atoms with Gasteiger partial charge in [-0.25, -0.2) is 0 Å². The highest BCUT2D eigenvalue weighted by Gasteiger charge is 1.98. The monoisotopic (exact) mass is 307 g/mol. The molecule has 0 aliphatic rings. The minimum absolute atomic E-state index is 0.911. The molecule has 2 rings (SSSR count). The third-order valence-electron chi connectivity index (χ3n) is 2.90. The molecule has 1 aromatic carbocycles. The van der Waals surface area contributed by atoms with Crippen molar-refractivity contribution < 1.29 is 0 Å². The van der Waals surface area contributed by atoms with Gasteiger partial charge in [0.1, 0.15) is 0 Å². The second-order valence-electron chi connectivity index (χ2n) is 4.53. The molecule has 2 aromatic rings. The quantitative estimate of drug-likeness (QED) is 0.861. The highest BCUT2D eigenvalue weighted by atomic mass is 79.9. The summed E-state index contributed by atoms with van der Waals surface area (Å²) in [5.74, 6) is 0. The summed E-state index contributed by atoms with van der Waals surface area (Å²) in [5.41, 5.74) is 3.88. The Labute approximate surface area is 116 Å². The second-order valence-corrected chi connectivity index (χ2v) is 5.39. The van der Waals surface area contributed by atoms with Crippen LogP contribution in [0, 0.1) is 6.92 Å². The van der Waals surface area contributed by atoms with Crippen molar-refractivity contribution in [3.05, 3.63) is 51.8 Å². The third-order valence-corrected chi connectivity index (χ3v) is 3.79. The zero-order valence-electron chi connectivity index (χ0n) is 10.8. The lowest BCUT2D eigenvalue weighted by Crippen LogP contribution is -2.16. The molecule has 0 unspecified atom stereocenters. The number of benzene rings is 1. The van der Waals surface area contributed by atoms with Crippen LogP contribution in [0.4, 0.5) is 0 Å². The SMILES string of the molecule is Cc1cc(CNCCc2cnn(C)c2)ccc1Br. The molecule has 0 aliphatic carbocycles. The van der Waals surface area contributed by atoms with Crippen molar-refractivity contribution >= 4 is 15.9 Å². The van der Waals surface area contributed by atoms with Gasteiger partial charge in [0, 0.05) is 24.3 Å². The van der Waals surface area contributed by atoms with Crippen LogP contribution in [0.5, 0.6) is 0 Å². The topological polar surface area (TPSA) is 29.9 Å². The molecule has 1 heterocycles. The van der Waals surface area contributed by atoms with Gasteiger partial charge in [-0.2, -0.15) is 5.10 Å². The summed E-state index contributed by atoms with van der Waals surface area (Å²) < 4.78 is 3.01. The van der Waals surface area contributed by atoms with E-state index in [9.17, 15) is 0 Å². The summed E-state index contributed by atoms with van der Waals surface area (Å²) >= 11 is 3.51.